The highest BCUT2D eigenvalue weighted by molar-refractivity contribution is 5.94. The molecule has 0 saturated carbocycles. The summed E-state index contributed by atoms with van der Waals surface area (Å²) >= 11 is 0. The molecular weight excluding hydrogens is 402 g/mol. The third kappa shape index (κ3) is 7.27. The van der Waals surface area contributed by atoms with Crippen LogP contribution in [0.4, 0.5) is 0 Å². The van der Waals surface area contributed by atoms with Crippen molar-refractivity contribution in [3.8, 4) is 5.75 Å². The second-order valence-electron chi connectivity index (χ2n) is 7.31. The smallest absolute Gasteiger partial charge is 0.254 e. The van der Waals surface area contributed by atoms with E-state index in [0.717, 1.165) is 44.5 Å². The molecule has 0 aliphatic carbocycles. The Morgan fingerprint density at radius 3 is 2.87 bits per heavy atom. The number of ether oxygens (including phenoxy) is 2. The number of halogens is 1. The van der Waals surface area contributed by atoms with Gasteiger partial charge in [0.1, 0.15) is 5.75 Å². The standard InChI is InChI=1S/C23H31N3O3.ClH/c1-28-15-6-16-29-22-10-4-7-19(17-22)23(27)26(18-20-8-2-3-13-25-20)21-9-5-12-24-14-11-21;/h2-4,7-8,10,13,17,21,24H,5-6,9,11-12,14-16,18H2,1H3;1H. The third-order valence-corrected chi connectivity index (χ3v) is 5.15. The molecule has 2 heterocycles. The van der Waals surface area contributed by atoms with Crippen molar-refractivity contribution in [1.82, 2.24) is 15.2 Å². The second-order valence-corrected chi connectivity index (χ2v) is 7.31. The molecule has 6 nitrogen and oxygen atoms in total. The van der Waals surface area contributed by atoms with Crippen LogP contribution < -0.4 is 10.1 Å². The van der Waals surface area contributed by atoms with Crippen molar-refractivity contribution in [2.75, 3.05) is 33.4 Å². The molecule has 1 aliphatic heterocycles. The van der Waals surface area contributed by atoms with Gasteiger partial charge in [0.2, 0.25) is 0 Å². The van der Waals surface area contributed by atoms with Gasteiger partial charge in [0.25, 0.3) is 5.91 Å². The van der Waals surface area contributed by atoms with Crippen molar-refractivity contribution in [3.63, 3.8) is 0 Å². The van der Waals surface area contributed by atoms with Crippen molar-refractivity contribution >= 4 is 18.3 Å². The first kappa shape index (κ1) is 24.1. The van der Waals surface area contributed by atoms with Crippen LogP contribution in [0.2, 0.25) is 0 Å². The number of benzene rings is 1. The number of aromatic nitrogens is 1. The quantitative estimate of drug-likeness (QED) is 0.611. The topological polar surface area (TPSA) is 63.7 Å². The average molecular weight is 434 g/mol. The van der Waals surface area contributed by atoms with Gasteiger partial charge >= 0.3 is 0 Å². The molecule has 1 aromatic heterocycles. The van der Waals surface area contributed by atoms with Gasteiger partial charge in [-0.05, 0) is 62.7 Å². The first-order valence-corrected chi connectivity index (χ1v) is 10.4. The van der Waals surface area contributed by atoms with Crippen molar-refractivity contribution in [1.29, 1.82) is 0 Å². The van der Waals surface area contributed by atoms with E-state index in [0.29, 0.717) is 31.1 Å². The summed E-state index contributed by atoms with van der Waals surface area (Å²) in [4.78, 5) is 19.9. The Morgan fingerprint density at radius 1 is 1.17 bits per heavy atom. The van der Waals surface area contributed by atoms with Crippen LogP contribution in [0.3, 0.4) is 0 Å². The first-order chi connectivity index (χ1) is 14.3. The molecule has 1 amide bonds. The largest absolute Gasteiger partial charge is 0.493 e. The number of carbonyl (C=O) groups excluding carboxylic acids is 1. The molecule has 1 saturated heterocycles. The lowest BCUT2D eigenvalue weighted by molar-refractivity contribution is 0.0642. The van der Waals surface area contributed by atoms with Gasteiger partial charge in [0.05, 0.1) is 18.8 Å². The molecule has 1 unspecified atom stereocenters. The molecule has 7 heteroatoms. The molecule has 0 radical (unpaired) electrons. The highest BCUT2D eigenvalue weighted by Crippen LogP contribution is 2.22. The highest BCUT2D eigenvalue weighted by Gasteiger charge is 2.26. The Kier molecular flexibility index (Phi) is 10.6. The number of hydrogen-bond donors (Lipinski definition) is 1. The van der Waals surface area contributed by atoms with Gasteiger partial charge in [-0.2, -0.15) is 0 Å². The van der Waals surface area contributed by atoms with Crippen molar-refractivity contribution in [2.24, 2.45) is 0 Å². The van der Waals surface area contributed by atoms with E-state index in [1.54, 1.807) is 13.3 Å². The third-order valence-electron chi connectivity index (χ3n) is 5.15. The molecule has 3 rings (SSSR count). The zero-order valence-corrected chi connectivity index (χ0v) is 18.4. The number of amides is 1. The Hall–Kier alpha value is -2.15. The van der Waals surface area contributed by atoms with Gasteiger partial charge in [0.15, 0.2) is 0 Å². The minimum absolute atomic E-state index is 0. The summed E-state index contributed by atoms with van der Waals surface area (Å²) in [6.45, 7) is 3.68. The molecule has 2 aromatic rings. The van der Waals surface area contributed by atoms with Crippen molar-refractivity contribution in [2.45, 2.75) is 38.3 Å². The summed E-state index contributed by atoms with van der Waals surface area (Å²) in [7, 11) is 1.68. The van der Waals surface area contributed by atoms with Crippen molar-refractivity contribution < 1.29 is 14.3 Å². The Balaban J connectivity index is 0.00000320. The lowest BCUT2D eigenvalue weighted by Gasteiger charge is -2.31. The van der Waals surface area contributed by atoms with Crippen LogP contribution in [0.15, 0.2) is 48.7 Å². The Morgan fingerprint density at radius 2 is 2.07 bits per heavy atom. The lowest BCUT2D eigenvalue weighted by atomic mass is 10.0. The molecule has 0 bridgehead atoms. The zero-order valence-electron chi connectivity index (χ0n) is 17.6. The molecule has 1 atom stereocenters. The molecule has 1 aliphatic rings. The fraction of sp³-hybridized carbons (Fsp3) is 0.478. The predicted octanol–water partition coefficient (Wildman–Crippen LogP) is 3.70. The molecule has 1 fully saturated rings. The van der Waals surface area contributed by atoms with Gasteiger partial charge < -0.3 is 19.7 Å². The van der Waals surface area contributed by atoms with Crippen LogP contribution in [0.25, 0.3) is 0 Å². The van der Waals surface area contributed by atoms with E-state index >= 15 is 0 Å². The van der Waals surface area contributed by atoms with E-state index < -0.39 is 0 Å². The Labute approximate surface area is 185 Å². The predicted molar refractivity (Wildman–Crippen MR) is 120 cm³/mol. The maximum Gasteiger partial charge on any atom is 0.254 e. The number of nitrogens with zero attached hydrogens (tertiary/aromatic N) is 2. The van der Waals surface area contributed by atoms with Crippen LogP contribution >= 0.6 is 12.4 Å². The van der Waals surface area contributed by atoms with Gasteiger partial charge in [0, 0.05) is 37.9 Å². The molecule has 0 spiro atoms. The normalized spacial score (nSPS) is 16.2. The van der Waals surface area contributed by atoms with E-state index in [9.17, 15) is 4.79 Å². The fourth-order valence-electron chi connectivity index (χ4n) is 3.62. The van der Waals surface area contributed by atoms with Crippen molar-refractivity contribution in [3.05, 3.63) is 59.9 Å². The van der Waals surface area contributed by atoms with Gasteiger partial charge in [-0.3, -0.25) is 9.78 Å². The maximum atomic E-state index is 13.5. The lowest BCUT2D eigenvalue weighted by Crippen LogP contribution is -2.40. The molecule has 30 heavy (non-hydrogen) atoms. The summed E-state index contributed by atoms with van der Waals surface area (Å²) in [5.74, 6) is 0.747. The first-order valence-electron chi connectivity index (χ1n) is 10.4. The molecular formula is C23H32ClN3O3. The second kappa shape index (κ2) is 13.2. The van der Waals surface area contributed by atoms with E-state index in [4.69, 9.17) is 9.47 Å². The molecule has 1 N–H and O–H groups in total. The van der Waals surface area contributed by atoms with Gasteiger partial charge in [-0.15, -0.1) is 12.4 Å². The number of carbonyl (C=O) groups is 1. The number of hydrogen-bond acceptors (Lipinski definition) is 5. The van der Waals surface area contributed by atoms with Crippen LogP contribution in [-0.2, 0) is 11.3 Å². The van der Waals surface area contributed by atoms with E-state index in [1.165, 1.54) is 0 Å². The average Bonchev–Trinajstić information content (AvgIpc) is 3.05. The van der Waals surface area contributed by atoms with E-state index in [1.807, 2.05) is 47.4 Å². The van der Waals surface area contributed by atoms with Crippen LogP contribution in [-0.4, -0.2) is 55.2 Å². The summed E-state index contributed by atoms with van der Waals surface area (Å²) in [5.41, 5.74) is 1.56. The number of rotatable bonds is 9. The monoisotopic (exact) mass is 433 g/mol. The molecule has 1 aromatic carbocycles. The summed E-state index contributed by atoms with van der Waals surface area (Å²) < 4.78 is 10.8. The van der Waals surface area contributed by atoms with Gasteiger partial charge in [-0.1, -0.05) is 12.1 Å². The van der Waals surface area contributed by atoms with E-state index in [-0.39, 0.29) is 24.4 Å². The summed E-state index contributed by atoms with van der Waals surface area (Å²) in [6.07, 6.45) is 5.61. The van der Waals surface area contributed by atoms with Crippen LogP contribution in [0, 0.1) is 0 Å². The SMILES string of the molecule is COCCCOc1cccc(C(=O)N(Cc2ccccn2)C2CCCNCC2)c1.Cl. The number of pyridine rings is 1. The number of nitrogens with one attached hydrogen (secondary N) is 1. The van der Waals surface area contributed by atoms with Gasteiger partial charge in [-0.25, -0.2) is 0 Å². The minimum Gasteiger partial charge on any atom is -0.493 e. The maximum absolute atomic E-state index is 13.5. The Bertz CT molecular complexity index is 752. The van der Waals surface area contributed by atoms with E-state index in [2.05, 4.69) is 10.3 Å². The summed E-state index contributed by atoms with van der Waals surface area (Å²) in [5, 5.41) is 3.43. The summed E-state index contributed by atoms with van der Waals surface area (Å²) in [6, 6.07) is 13.5. The highest BCUT2D eigenvalue weighted by atomic mass is 35.5. The zero-order chi connectivity index (χ0) is 20.3. The van der Waals surface area contributed by atoms with Crippen LogP contribution in [0.5, 0.6) is 5.75 Å². The van der Waals surface area contributed by atoms with Crippen LogP contribution in [0.1, 0.15) is 41.7 Å². The number of methoxy groups -OCH3 is 1. The molecule has 164 valence electrons. The fourth-order valence-corrected chi connectivity index (χ4v) is 3.62. The minimum atomic E-state index is 0.